The van der Waals surface area contributed by atoms with Gasteiger partial charge in [-0.1, -0.05) is 41.5 Å². The summed E-state index contributed by atoms with van der Waals surface area (Å²) in [7, 11) is 0. The lowest BCUT2D eigenvalue weighted by atomic mass is 9.33. The Morgan fingerprint density at radius 2 is 1.42 bits per heavy atom. The highest BCUT2D eigenvalue weighted by atomic mass is 16.3. The second kappa shape index (κ2) is 6.83. The van der Waals surface area contributed by atoms with Crippen LogP contribution >= 0.6 is 0 Å². The average molecular weight is 429 g/mol. The maximum absolute atomic E-state index is 12.7. The van der Waals surface area contributed by atoms with E-state index in [1.54, 1.807) is 0 Å². The van der Waals surface area contributed by atoms with E-state index in [0.29, 0.717) is 40.5 Å². The third kappa shape index (κ3) is 2.88. The summed E-state index contributed by atoms with van der Waals surface area (Å²) in [4.78, 5) is 12.7. The van der Waals surface area contributed by atoms with E-state index in [2.05, 4.69) is 41.5 Å². The van der Waals surface area contributed by atoms with Crippen LogP contribution in [0.2, 0.25) is 0 Å². The molecule has 0 radical (unpaired) electrons. The lowest BCUT2D eigenvalue weighted by Crippen LogP contribution is -2.64. The Hall–Kier alpha value is -0.370. The Bertz CT molecular complexity index is 756. The molecule has 0 unspecified atom stereocenters. The number of carbonyl (C=O) groups is 1. The number of carbonyl (C=O) groups excluding carboxylic acids is 1. The van der Waals surface area contributed by atoms with Crippen LogP contribution in [0, 0.1) is 56.7 Å². The molecule has 0 aliphatic heterocycles. The first kappa shape index (κ1) is 22.4. The summed E-state index contributed by atoms with van der Waals surface area (Å²) >= 11 is 0. The number of hydrogen-bond acceptors (Lipinski definition) is 2. The molecule has 5 saturated carbocycles. The van der Waals surface area contributed by atoms with Gasteiger partial charge in [-0.15, -0.1) is 0 Å². The molecule has 0 aromatic carbocycles. The molecule has 31 heavy (non-hydrogen) atoms. The van der Waals surface area contributed by atoms with Gasteiger partial charge in [-0.05, 0) is 115 Å². The second-order valence-corrected chi connectivity index (χ2v) is 14.5. The van der Waals surface area contributed by atoms with E-state index in [4.69, 9.17) is 0 Å². The van der Waals surface area contributed by atoms with Crippen LogP contribution in [0.25, 0.3) is 0 Å². The largest absolute Gasteiger partial charge is 0.396 e. The van der Waals surface area contributed by atoms with Gasteiger partial charge in [0.05, 0.1) is 0 Å². The molecule has 0 amide bonds. The van der Waals surface area contributed by atoms with Crippen LogP contribution in [-0.2, 0) is 4.79 Å². The van der Waals surface area contributed by atoms with E-state index in [1.165, 1.54) is 57.8 Å². The summed E-state index contributed by atoms with van der Waals surface area (Å²) in [5.74, 6) is 3.73. The summed E-state index contributed by atoms with van der Waals surface area (Å²) in [5.41, 5.74) is 1.63. The lowest BCUT2D eigenvalue weighted by molar-refractivity contribution is -0.225. The smallest absolute Gasteiger partial charge is 0.136 e. The Balaban J connectivity index is 1.51. The molecule has 1 N–H and O–H groups in total. The molecule has 0 heterocycles. The van der Waals surface area contributed by atoms with E-state index < -0.39 is 0 Å². The van der Waals surface area contributed by atoms with Crippen molar-refractivity contribution in [3.05, 3.63) is 0 Å². The monoisotopic (exact) mass is 428 g/mol. The molecule has 0 aromatic heterocycles. The Labute approximate surface area is 191 Å². The molecule has 0 spiro atoms. The van der Waals surface area contributed by atoms with Gasteiger partial charge in [0.25, 0.3) is 0 Å². The van der Waals surface area contributed by atoms with Crippen LogP contribution < -0.4 is 0 Å². The van der Waals surface area contributed by atoms with E-state index in [0.717, 1.165) is 24.7 Å². The number of ketones is 1. The van der Waals surface area contributed by atoms with Gasteiger partial charge < -0.3 is 5.11 Å². The molecule has 5 fully saturated rings. The topological polar surface area (TPSA) is 37.3 Å². The summed E-state index contributed by atoms with van der Waals surface area (Å²) < 4.78 is 0. The van der Waals surface area contributed by atoms with Crippen LogP contribution in [0.1, 0.15) is 112 Å². The zero-order valence-corrected chi connectivity index (χ0v) is 21.2. The minimum atomic E-state index is 0.197. The highest BCUT2D eigenvalue weighted by Gasteiger charge is 2.67. The molecule has 2 heteroatoms. The van der Waals surface area contributed by atoms with E-state index in [-0.39, 0.29) is 16.7 Å². The van der Waals surface area contributed by atoms with Crippen molar-refractivity contribution in [2.45, 2.75) is 112 Å². The summed E-state index contributed by atoms with van der Waals surface area (Å²) in [6.45, 7) is 15.4. The minimum Gasteiger partial charge on any atom is -0.396 e. The Kier molecular flexibility index (Phi) is 4.94. The van der Waals surface area contributed by atoms with Crippen molar-refractivity contribution in [2.24, 2.45) is 56.7 Å². The average Bonchev–Trinajstić information content (AvgIpc) is 2.70. The van der Waals surface area contributed by atoms with Gasteiger partial charge >= 0.3 is 0 Å². The molecule has 176 valence electrons. The number of fused-ring (bicyclic) bond motifs is 7. The van der Waals surface area contributed by atoms with Crippen molar-refractivity contribution in [3.8, 4) is 0 Å². The number of aliphatic hydroxyl groups is 1. The van der Waals surface area contributed by atoms with Crippen molar-refractivity contribution in [3.63, 3.8) is 0 Å². The number of rotatable bonds is 1. The van der Waals surface area contributed by atoms with E-state index in [9.17, 15) is 9.90 Å². The summed E-state index contributed by atoms with van der Waals surface area (Å²) in [6.07, 6.45) is 13.6. The SMILES string of the molecule is C[C@H]1C(=O)CC[C@@H]2[C@]3(C)CC[C@@H]4[C@H]5CC(C)(C)CC[C@]5(CO)CC[C@]4(C)[C@@H]3CC[C@@]21C. The highest BCUT2D eigenvalue weighted by molar-refractivity contribution is 5.82. The van der Waals surface area contributed by atoms with Gasteiger partial charge in [-0.2, -0.15) is 0 Å². The van der Waals surface area contributed by atoms with Gasteiger partial charge in [-0.25, -0.2) is 0 Å². The zero-order chi connectivity index (χ0) is 22.4. The van der Waals surface area contributed by atoms with Crippen LogP contribution in [0.3, 0.4) is 0 Å². The normalized spacial score (nSPS) is 56.1. The maximum atomic E-state index is 12.7. The molecule has 5 aliphatic rings. The minimum absolute atomic E-state index is 0.197. The molecule has 5 aliphatic carbocycles. The van der Waals surface area contributed by atoms with Crippen LogP contribution in [-0.4, -0.2) is 17.5 Å². The third-order valence-corrected chi connectivity index (χ3v) is 13.0. The number of hydrogen-bond donors (Lipinski definition) is 1. The number of Topliss-reactive ketones (excluding diaryl/α,β-unsaturated/α-hetero) is 1. The lowest BCUT2D eigenvalue weighted by Gasteiger charge is -2.71. The fourth-order valence-corrected chi connectivity index (χ4v) is 10.9. The quantitative estimate of drug-likeness (QED) is 0.486. The molecule has 0 bridgehead atoms. The fourth-order valence-electron chi connectivity index (χ4n) is 10.9. The Morgan fingerprint density at radius 1 is 0.774 bits per heavy atom. The molecule has 0 saturated heterocycles. The van der Waals surface area contributed by atoms with Crippen LogP contribution in [0.15, 0.2) is 0 Å². The predicted octanol–water partition coefficient (Wildman–Crippen LogP) is 7.04. The molecular weight excluding hydrogens is 380 g/mol. The third-order valence-electron chi connectivity index (χ3n) is 13.0. The van der Waals surface area contributed by atoms with E-state index >= 15 is 0 Å². The van der Waals surface area contributed by atoms with Gasteiger partial charge in [0.15, 0.2) is 0 Å². The Morgan fingerprint density at radius 3 is 2.13 bits per heavy atom. The summed E-state index contributed by atoms with van der Waals surface area (Å²) in [5, 5.41) is 10.6. The van der Waals surface area contributed by atoms with Gasteiger partial charge in [-0.3, -0.25) is 4.79 Å². The first-order valence-electron chi connectivity index (χ1n) is 13.6. The maximum Gasteiger partial charge on any atom is 0.136 e. The molecule has 0 aromatic rings. The van der Waals surface area contributed by atoms with Crippen molar-refractivity contribution < 1.29 is 9.90 Å². The van der Waals surface area contributed by atoms with Gasteiger partial charge in [0.2, 0.25) is 0 Å². The van der Waals surface area contributed by atoms with Crippen molar-refractivity contribution in [2.75, 3.05) is 6.61 Å². The molecule has 5 rings (SSSR count). The highest BCUT2D eigenvalue weighted by Crippen LogP contribution is 2.74. The number of aliphatic hydroxyl groups excluding tert-OH is 1. The summed E-state index contributed by atoms with van der Waals surface area (Å²) in [6, 6.07) is 0. The van der Waals surface area contributed by atoms with Crippen molar-refractivity contribution >= 4 is 5.78 Å². The zero-order valence-electron chi connectivity index (χ0n) is 21.2. The van der Waals surface area contributed by atoms with Crippen molar-refractivity contribution in [1.82, 2.24) is 0 Å². The molecule has 9 atom stereocenters. The van der Waals surface area contributed by atoms with Gasteiger partial charge in [0, 0.05) is 18.9 Å². The van der Waals surface area contributed by atoms with Crippen molar-refractivity contribution in [1.29, 1.82) is 0 Å². The first-order valence-corrected chi connectivity index (χ1v) is 13.6. The van der Waals surface area contributed by atoms with E-state index in [1.807, 2.05) is 0 Å². The fraction of sp³-hybridized carbons (Fsp3) is 0.966. The predicted molar refractivity (Wildman–Crippen MR) is 127 cm³/mol. The first-order chi connectivity index (χ1) is 14.4. The molecule has 2 nitrogen and oxygen atoms in total. The van der Waals surface area contributed by atoms with Crippen LogP contribution in [0.4, 0.5) is 0 Å². The van der Waals surface area contributed by atoms with Gasteiger partial charge in [0.1, 0.15) is 5.78 Å². The van der Waals surface area contributed by atoms with Crippen LogP contribution in [0.5, 0.6) is 0 Å². The second-order valence-electron chi connectivity index (χ2n) is 14.5. The molecular formula is C29H48O2. The standard InChI is InChI=1S/C29H48O2/c1-19-22(31)7-8-23-26(19,4)12-10-24-27(5)14-16-29(18-30)15-13-25(2,3)17-21(29)20(27)9-11-28(23,24)6/h19-21,23-24,30H,7-18H2,1-6H3/t19-,20+,21+,23-,24-,26+,27-,28-,29+/m0/s1.